The molecular formula is C12H21NO3. The molecule has 92 valence electrons. The van der Waals surface area contributed by atoms with E-state index in [9.17, 15) is 14.7 Å². The smallest absolute Gasteiger partial charge is 0.329 e. The molecule has 0 spiro atoms. The van der Waals surface area contributed by atoms with Crippen LogP contribution in [0.3, 0.4) is 0 Å². The lowest BCUT2D eigenvalue weighted by Gasteiger charge is -2.39. The Hall–Kier alpha value is -1.06. The molecular weight excluding hydrogens is 206 g/mol. The van der Waals surface area contributed by atoms with Gasteiger partial charge in [0.05, 0.1) is 0 Å². The first-order valence-electron chi connectivity index (χ1n) is 5.98. The van der Waals surface area contributed by atoms with Crippen LogP contribution in [0.25, 0.3) is 0 Å². The highest BCUT2D eigenvalue weighted by atomic mass is 16.4. The van der Waals surface area contributed by atoms with Crippen molar-refractivity contribution < 1.29 is 14.7 Å². The summed E-state index contributed by atoms with van der Waals surface area (Å²) in [5, 5.41) is 9.43. The second-order valence-electron chi connectivity index (χ2n) is 4.68. The highest BCUT2D eigenvalue weighted by molar-refractivity contribution is 5.85. The Labute approximate surface area is 96.6 Å². The maximum absolute atomic E-state index is 11.5. The second-order valence-corrected chi connectivity index (χ2v) is 4.68. The van der Waals surface area contributed by atoms with Crippen LogP contribution in [-0.2, 0) is 9.59 Å². The van der Waals surface area contributed by atoms with E-state index in [0.717, 1.165) is 25.7 Å². The Morgan fingerprint density at radius 2 is 1.50 bits per heavy atom. The molecule has 4 nitrogen and oxygen atoms in total. The lowest BCUT2D eigenvalue weighted by Crippen LogP contribution is -2.55. The summed E-state index contributed by atoms with van der Waals surface area (Å²) in [6, 6.07) is 0. The van der Waals surface area contributed by atoms with Gasteiger partial charge in [0.1, 0.15) is 5.54 Å². The molecule has 1 rings (SSSR count). The lowest BCUT2D eigenvalue weighted by molar-refractivity contribution is -0.158. The molecule has 0 aromatic rings. The van der Waals surface area contributed by atoms with E-state index in [1.807, 2.05) is 0 Å². The fraction of sp³-hybridized carbons (Fsp3) is 0.833. The standard InChI is InChI=1S/C12H21NO3/c1-10(14)13(2)12(11(15)16)8-6-4-3-5-7-9-12/h3-9H2,1-2H3,(H,15,16). The normalized spacial score (nSPS) is 20.6. The number of aliphatic carboxylic acids is 1. The third kappa shape index (κ3) is 2.54. The van der Waals surface area contributed by atoms with Gasteiger partial charge in [-0.3, -0.25) is 4.79 Å². The molecule has 0 aliphatic heterocycles. The molecule has 0 bridgehead atoms. The maximum Gasteiger partial charge on any atom is 0.329 e. The van der Waals surface area contributed by atoms with Crippen molar-refractivity contribution in [3.05, 3.63) is 0 Å². The number of carbonyl (C=O) groups is 2. The highest BCUT2D eigenvalue weighted by Crippen LogP contribution is 2.31. The number of nitrogens with zero attached hydrogens (tertiary/aromatic N) is 1. The van der Waals surface area contributed by atoms with Crippen LogP contribution in [0.4, 0.5) is 0 Å². The first kappa shape index (κ1) is 13.0. The molecule has 1 N–H and O–H groups in total. The average molecular weight is 227 g/mol. The molecule has 1 amide bonds. The zero-order chi connectivity index (χ0) is 12.2. The Morgan fingerprint density at radius 3 is 1.88 bits per heavy atom. The number of likely N-dealkylation sites (N-methyl/N-ethyl adjacent to an activating group) is 1. The van der Waals surface area contributed by atoms with E-state index < -0.39 is 11.5 Å². The minimum absolute atomic E-state index is 0.164. The van der Waals surface area contributed by atoms with Crippen molar-refractivity contribution in [2.75, 3.05) is 7.05 Å². The largest absolute Gasteiger partial charge is 0.479 e. The van der Waals surface area contributed by atoms with E-state index in [1.165, 1.54) is 18.2 Å². The predicted molar refractivity (Wildman–Crippen MR) is 61.1 cm³/mol. The quantitative estimate of drug-likeness (QED) is 0.785. The number of carboxylic acid groups (broad SMARTS) is 1. The van der Waals surface area contributed by atoms with E-state index in [4.69, 9.17) is 0 Å². The fourth-order valence-corrected chi connectivity index (χ4v) is 2.48. The van der Waals surface area contributed by atoms with Gasteiger partial charge < -0.3 is 10.0 Å². The highest BCUT2D eigenvalue weighted by Gasteiger charge is 2.43. The van der Waals surface area contributed by atoms with E-state index in [2.05, 4.69) is 0 Å². The summed E-state index contributed by atoms with van der Waals surface area (Å²) in [6.07, 6.45) is 6.27. The number of rotatable bonds is 2. The van der Waals surface area contributed by atoms with Gasteiger partial charge in [0, 0.05) is 14.0 Å². The van der Waals surface area contributed by atoms with Gasteiger partial charge in [-0.25, -0.2) is 4.79 Å². The monoisotopic (exact) mass is 227 g/mol. The number of carboxylic acids is 1. The Kier molecular flexibility index (Phi) is 4.33. The molecule has 1 aliphatic rings. The zero-order valence-corrected chi connectivity index (χ0v) is 10.2. The van der Waals surface area contributed by atoms with Crippen LogP contribution in [0.1, 0.15) is 51.9 Å². The molecule has 1 fully saturated rings. The zero-order valence-electron chi connectivity index (χ0n) is 10.2. The van der Waals surface area contributed by atoms with E-state index in [0.29, 0.717) is 12.8 Å². The molecule has 0 atom stereocenters. The number of carbonyl (C=O) groups excluding carboxylic acids is 1. The Morgan fingerprint density at radius 1 is 1.06 bits per heavy atom. The van der Waals surface area contributed by atoms with Crippen LogP contribution < -0.4 is 0 Å². The topological polar surface area (TPSA) is 57.6 Å². The number of hydrogen-bond donors (Lipinski definition) is 1. The van der Waals surface area contributed by atoms with Crippen molar-refractivity contribution in [3.63, 3.8) is 0 Å². The molecule has 0 saturated heterocycles. The molecule has 0 heterocycles. The van der Waals surface area contributed by atoms with Crippen LogP contribution in [0.15, 0.2) is 0 Å². The number of amides is 1. The summed E-state index contributed by atoms with van der Waals surface area (Å²) < 4.78 is 0. The van der Waals surface area contributed by atoms with Crippen molar-refractivity contribution in [1.82, 2.24) is 4.90 Å². The van der Waals surface area contributed by atoms with E-state index in [1.54, 1.807) is 7.05 Å². The average Bonchev–Trinajstić information content (AvgIpc) is 2.16. The van der Waals surface area contributed by atoms with Gasteiger partial charge in [-0.15, -0.1) is 0 Å². The van der Waals surface area contributed by atoms with Crippen LogP contribution in [0.2, 0.25) is 0 Å². The summed E-state index contributed by atoms with van der Waals surface area (Å²) >= 11 is 0. The van der Waals surface area contributed by atoms with Crippen molar-refractivity contribution in [2.45, 2.75) is 57.4 Å². The minimum atomic E-state index is -0.966. The summed E-state index contributed by atoms with van der Waals surface area (Å²) in [6.45, 7) is 1.43. The predicted octanol–water partition coefficient (Wildman–Crippen LogP) is 2.03. The molecule has 1 saturated carbocycles. The second kappa shape index (κ2) is 5.32. The first-order chi connectivity index (χ1) is 7.50. The van der Waals surface area contributed by atoms with Crippen molar-refractivity contribution in [1.29, 1.82) is 0 Å². The van der Waals surface area contributed by atoms with Crippen LogP contribution in [-0.4, -0.2) is 34.5 Å². The molecule has 0 unspecified atom stereocenters. The Bertz CT molecular complexity index is 267. The van der Waals surface area contributed by atoms with Crippen LogP contribution in [0.5, 0.6) is 0 Å². The van der Waals surface area contributed by atoms with Crippen LogP contribution >= 0.6 is 0 Å². The van der Waals surface area contributed by atoms with Crippen molar-refractivity contribution in [2.24, 2.45) is 0 Å². The van der Waals surface area contributed by atoms with Crippen molar-refractivity contribution >= 4 is 11.9 Å². The fourth-order valence-electron chi connectivity index (χ4n) is 2.48. The molecule has 1 aliphatic carbocycles. The molecule has 4 heteroatoms. The molecule has 0 aromatic heterocycles. The van der Waals surface area contributed by atoms with E-state index in [-0.39, 0.29) is 5.91 Å². The summed E-state index contributed by atoms with van der Waals surface area (Å²) in [5.74, 6) is -1.02. The molecule has 16 heavy (non-hydrogen) atoms. The van der Waals surface area contributed by atoms with Gasteiger partial charge in [-0.05, 0) is 12.8 Å². The third-order valence-corrected chi connectivity index (χ3v) is 3.69. The van der Waals surface area contributed by atoms with Gasteiger partial charge in [0.15, 0.2) is 0 Å². The van der Waals surface area contributed by atoms with Gasteiger partial charge in [0.25, 0.3) is 0 Å². The van der Waals surface area contributed by atoms with Gasteiger partial charge >= 0.3 is 5.97 Å². The van der Waals surface area contributed by atoms with Gasteiger partial charge in [-0.2, -0.15) is 0 Å². The molecule has 0 aromatic carbocycles. The summed E-state index contributed by atoms with van der Waals surface area (Å²) in [5.41, 5.74) is -0.966. The first-order valence-corrected chi connectivity index (χ1v) is 5.98. The van der Waals surface area contributed by atoms with Crippen LogP contribution in [0, 0.1) is 0 Å². The maximum atomic E-state index is 11.5. The number of hydrogen-bond acceptors (Lipinski definition) is 2. The van der Waals surface area contributed by atoms with Gasteiger partial charge in [-0.1, -0.05) is 32.1 Å². The molecule has 0 radical (unpaired) electrons. The van der Waals surface area contributed by atoms with Crippen molar-refractivity contribution in [3.8, 4) is 0 Å². The lowest BCUT2D eigenvalue weighted by atomic mass is 9.82. The summed E-state index contributed by atoms with van der Waals surface area (Å²) in [4.78, 5) is 24.3. The third-order valence-electron chi connectivity index (χ3n) is 3.69. The Balaban J connectivity index is 2.91. The van der Waals surface area contributed by atoms with Gasteiger partial charge in [0.2, 0.25) is 5.91 Å². The SMILES string of the molecule is CC(=O)N(C)C1(C(=O)O)CCCCCCC1. The summed E-state index contributed by atoms with van der Waals surface area (Å²) in [7, 11) is 1.61. The van der Waals surface area contributed by atoms with E-state index >= 15 is 0 Å². The minimum Gasteiger partial charge on any atom is -0.479 e.